The maximum Gasteiger partial charge on any atom is 0.0726 e. The summed E-state index contributed by atoms with van der Waals surface area (Å²) in [5, 5.41) is 4.94. The molecule has 2 aliphatic carbocycles. The zero-order chi connectivity index (χ0) is 43.9. The maximum absolute atomic E-state index is 9.87. The van der Waals surface area contributed by atoms with Crippen molar-refractivity contribution in [3.05, 3.63) is 240 Å². The minimum absolute atomic E-state index is 0.117. The summed E-state index contributed by atoms with van der Waals surface area (Å²) in [6.45, 7) is 0. The fourth-order valence-corrected chi connectivity index (χ4v) is 10.4. The first-order valence-corrected chi connectivity index (χ1v) is 20.0. The first-order valence-electron chi connectivity index (χ1n) is 23.0. The Morgan fingerprint density at radius 1 is 0.407 bits per heavy atom. The van der Waals surface area contributed by atoms with Gasteiger partial charge in [-0.05, 0) is 115 Å². The standard InChI is InChI=1S/C57H36N2/c1-2-19-39(20-3-1)59-54-29-11-8-24-46(54)48-35-40(32-34-55(48)59)58(53-30-14-16-37-15-4-5-21-42(37)53)41-31-33-45-47-25-12-17-38-18-13-28-51(56(38)47)57(52(45)36-41)49-26-9-6-22-43(49)44-23-7-10-27-50(44)57/h1-36H/i12D,13D,17D,18D,25D,28D. The summed E-state index contributed by atoms with van der Waals surface area (Å²) in [7, 11) is 0. The molecule has 274 valence electrons. The Balaban J connectivity index is 1.17. The zero-order valence-corrected chi connectivity index (χ0v) is 31.7. The third kappa shape index (κ3) is 4.35. The predicted molar refractivity (Wildman–Crippen MR) is 247 cm³/mol. The van der Waals surface area contributed by atoms with Crippen molar-refractivity contribution in [1.82, 2.24) is 4.57 Å². The van der Waals surface area contributed by atoms with Crippen LogP contribution in [0.5, 0.6) is 0 Å². The van der Waals surface area contributed by atoms with Crippen molar-refractivity contribution in [1.29, 1.82) is 0 Å². The first kappa shape index (κ1) is 27.0. The number of rotatable bonds is 4. The van der Waals surface area contributed by atoms with E-state index in [1.165, 1.54) is 0 Å². The van der Waals surface area contributed by atoms with Gasteiger partial charge in [-0.25, -0.2) is 0 Å². The summed E-state index contributed by atoms with van der Waals surface area (Å²) >= 11 is 0. The first-order chi connectivity index (χ1) is 31.8. The molecule has 0 saturated heterocycles. The highest BCUT2D eigenvalue weighted by molar-refractivity contribution is 6.12. The summed E-state index contributed by atoms with van der Waals surface area (Å²) in [4.78, 5) is 2.30. The minimum Gasteiger partial charge on any atom is -0.310 e. The zero-order valence-electron chi connectivity index (χ0n) is 37.7. The molecule has 0 bridgehead atoms. The maximum atomic E-state index is 9.87. The quantitative estimate of drug-likeness (QED) is 0.174. The van der Waals surface area contributed by atoms with Gasteiger partial charge in [0.25, 0.3) is 0 Å². The van der Waals surface area contributed by atoms with Crippen LogP contribution in [0.3, 0.4) is 0 Å². The van der Waals surface area contributed by atoms with Crippen molar-refractivity contribution >= 4 is 60.4 Å². The Kier molecular flexibility index (Phi) is 5.57. The molecule has 10 aromatic carbocycles. The van der Waals surface area contributed by atoms with Gasteiger partial charge < -0.3 is 9.47 Å². The molecule has 59 heavy (non-hydrogen) atoms. The van der Waals surface area contributed by atoms with E-state index >= 15 is 0 Å². The van der Waals surface area contributed by atoms with Gasteiger partial charge in [-0.1, -0.05) is 164 Å². The molecule has 0 atom stereocenters. The third-order valence-corrected chi connectivity index (χ3v) is 12.7. The van der Waals surface area contributed by atoms with Gasteiger partial charge in [0.2, 0.25) is 0 Å². The molecule has 1 aromatic heterocycles. The molecule has 2 nitrogen and oxygen atoms in total. The molecule has 2 aliphatic rings. The molecular formula is C57H36N2. The molecule has 1 heterocycles. The van der Waals surface area contributed by atoms with E-state index < -0.39 is 5.41 Å². The second-order valence-electron chi connectivity index (χ2n) is 15.5. The van der Waals surface area contributed by atoms with Gasteiger partial charge >= 0.3 is 0 Å². The van der Waals surface area contributed by atoms with E-state index in [1.54, 1.807) is 0 Å². The van der Waals surface area contributed by atoms with E-state index in [4.69, 9.17) is 1.37 Å². The molecular weight excluding hydrogens is 713 g/mol. The Hall–Kier alpha value is -7.68. The number of anilines is 3. The highest BCUT2D eigenvalue weighted by Gasteiger charge is 2.50. The van der Waals surface area contributed by atoms with Crippen LogP contribution in [-0.2, 0) is 5.41 Å². The van der Waals surface area contributed by atoms with Gasteiger partial charge in [-0.3, -0.25) is 0 Å². The number of benzene rings is 10. The summed E-state index contributed by atoms with van der Waals surface area (Å²) in [6, 6.07) is 61.8. The van der Waals surface area contributed by atoms with Crippen LogP contribution in [0.2, 0.25) is 0 Å². The van der Waals surface area contributed by atoms with Crippen LogP contribution in [0.15, 0.2) is 218 Å². The molecule has 2 heteroatoms. The fourth-order valence-electron chi connectivity index (χ4n) is 10.4. The van der Waals surface area contributed by atoms with E-state index in [0.717, 1.165) is 83.1 Å². The van der Waals surface area contributed by atoms with Gasteiger partial charge in [-0.2, -0.15) is 0 Å². The van der Waals surface area contributed by atoms with Crippen molar-refractivity contribution in [2.75, 3.05) is 4.90 Å². The Labute approximate surface area is 350 Å². The van der Waals surface area contributed by atoms with Gasteiger partial charge in [0, 0.05) is 33.2 Å². The Morgan fingerprint density at radius 2 is 1.03 bits per heavy atom. The van der Waals surface area contributed by atoms with Crippen LogP contribution in [0.1, 0.15) is 30.5 Å². The van der Waals surface area contributed by atoms with Crippen LogP contribution in [-0.4, -0.2) is 4.57 Å². The monoisotopic (exact) mass is 754 g/mol. The van der Waals surface area contributed by atoms with Crippen LogP contribution in [0.25, 0.3) is 71.3 Å². The fraction of sp³-hybridized carbons (Fsp3) is 0.0175. The summed E-state index contributed by atoms with van der Waals surface area (Å²) in [6.07, 6.45) is 0. The van der Waals surface area contributed by atoms with Crippen molar-refractivity contribution in [3.63, 3.8) is 0 Å². The molecule has 0 aliphatic heterocycles. The minimum atomic E-state index is -1.18. The molecule has 0 N–H and O–H groups in total. The van der Waals surface area contributed by atoms with Crippen molar-refractivity contribution in [2.45, 2.75) is 5.41 Å². The van der Waals surface area contributed by atoms with Gasteiger partial charge in [-0.15, -0.1) is 0 Å². The smallest absolute Gasteiger partial charge is 0.0726 e. The lowest BCUT2D eigenvalue weighted by Crippen LogP contribution is -2.32. The molecule has 0 radical (unpaired) electrons. The molecule has 0 unspecified atom stereocenters. The Morgan fingerprint density at radius 3 is 1.86 bits per heavy atom. The lowest BCUT2D eigenvalue weighted by molar-refractivity contribution is 0.773. The topological polar surface area (TPSA) is 8.17 Å². The van der Waals surface area contributed by atoms with Crippen LogP contribution in [0, 0.1) is 0 Å². The second-order valence-corrected chi connectivity index (χ2v) is 15.5. The molecule has 0 amide bonds. The van der Waals surface area contributed by atoms with E-state index in [-0.39, 0.29) is 41.6 Å². The molecule has 13 rings (SSSR count). The highest BCUT2D eigenvalue weighted by atomic mass is 15.1. The summed E-state index contributed by atoms with van der Waals surface area (Å²) in [5.74, 6) is 0. The van der Waals surface area contributed by atoms with Crippen LogP contribution < -0.4 is 4.90 Å². The lowest BCUT2D eigenvalue weighted by Gasteiger charge is -2.41. The lowest BCUT2D eigenvalue weighted by atomic mass is 9.61. The van der Waals surface area contributed by atoms with Crippen LogP contribution >= 0.6 is 0 Å². The van der Waals surface area contributed by atoms with Crippen molar-refractivity contribution in [3.8, 4) is 27.9 Å². The molecule has 0 saturated carbocycles. The van der Waals surface area contributed by atoms with E-state index in [2.05, 4.69) is 155 Å². The van der Waals surface area contributed by atoms with Crippen molar-refractivity contribution < 1.29 is 8.22 Å². The van der Waals surface area contributed by atoms with E-state index in [9.17, 15) is 6.85 Å². The normalized spacial score (nSPS) is 14.6. The van der Waals surface area contributed by atoms with Gasteiger partial charge in [0.1, 0.15) is 0 Å². The Bertz CT molecular complexity index is 3810. The van der Waals surface area contributed by atoms with Crippen LogP contribution in [0.4, 0.5) is 17.1 Å². The third-order valence-electron chi connectivity index (χ3n) is 12.7. The number of para-hydroxylation sites is 2. The summed E-state index contributed by atoms with van der Waals surface area (Å²) in [5.41, 5.74) is 11.1. The molecule has 1 spiro atoms. The number of hydrogen-bond donors (Lipinski definition) is 0. The van der Waals surface area contributed by atoms with E-state index in [0.29, 0.717) is 22.1 Å². The number of fused-ring (bicyclic) bond motifs is 13. The van der Waals surface area contributed by atoms with E-state index in [1.807, 2.05) is 36.4 Å². The predicted octanol–water partition coefficient (Wildman–Crippen LogP) is 14.9. The molecule has 0 fully saturated rings. The van der Waals surface area contributed by atoms with Gasteiger partial charge in [0.15, 0.2) is 0 Å². The second kappa shape index (κ2) is 12.2. The largest absolute Gasteiger partial charge is 0.310 e. The van der Waals surface area contributed by atoms with Crippen molar-refractivity contribution in [2.24, 2.45) is 0 Å². The number of nitrogens with zero attached hydrogens (tertiary/aromatic N) is 2. The average Bonchev–Trinajstić information content (AvgIpc) is 3.83. The van der Waals surface area contributed by atoms with Gasteiger partial charge in [0.05, 0.1) is 30.4 Å². The number of hydrogen-bond acceptors (Lipinski definition) is 1. The average molecular weight is 755 g/mol. The highest BCUT2D eigenvalue weighted by Crippen LogP contribution is 2.62. The SMILES string of the molecule is [2H]c1c([2H])c2c3c(c([2H])c([2H])c([2H])c3c1[2H])C1(c3ccccc3-c3ccccc31)c1cc(N(c3ccc4c(c3)c3ccccc3n4-c3ccccc3)c3cccc4ccccc34)ccc1-2. The summed E-state index contributed by atoms with van der Waals surface area (Å²) < 4.78 is 58.5. The number of aromatic nitrogens is 1. The molecule has 11 aromatic rings.